The Balaban J connectivity index is 0. The van der Waals surface area contributed by atoms with Gasteiger partial charge in [-0.25, -0.2) is 0 Å². The van der Waals surface area contributed by atoms with Gasteiger partial charge in [0, 0.05) is 0 Å². The molecule has 0 unspecified atom stereocenters. The third-order valence-corrected chi connectivity index (χ3v) is 2.86. The van der Waals surface area contributed by atoms with E-state index in [1.807, 2.05) is 0 Å². The van der Waals surface area contributed by atoms with Crippen LogP contribution in [0.2, 0.25) is 0 Å². The van der Waals surface area contributed by atoms with Crippen molar-refractivity contribution in [3.63, 3.8) is 0 Å². The molecule has 0 aliphatic heterocycles. The Hall–Kier alpha value is -0.610. The van der Waals surface area contributed by atoms with Crippen molar-refractivity contribution in [1.82, 2.24) is 0 Å². The largest absolute Gasteiger partial charge is 0.480 e. The lowest BCUT2D eigenvalue weighted by atomic mass is 10.3. The van der Waals surface area contributed by atoms with Crippen LogP contribution >= 0.6 is 0 Å². The SMILES string of the molecule is CC[N+](CC)(CC)CC.NCC(=O)O. The second kappa shape index (κ2) is 8.97. The van der Waals surface area contributed by atoms with Gasteiger partial charge in [0.1, 0.15) is 0 Å². The normalized spacial score (nSPS) is 10.4. The van der Waals surface area contributed by atoms with E-state index in [1.165, 1.54) is 30.7 Å². The summed E-state index contributed by atoms with van der Waals surface area (Å²) in [5.41, 5.74) is 4.57. The fourth-order valence-corrected chi connectivity index (χ4v) is 1.34. The quantitative estimate of drug-likeness (QED) is 0.656. The van der Waals surface area contributed by atoms with Crippen molar-refractivity contribution >= 4 is 5.97 Å². The number of carboxylic acids is 1. The molecule has 0 amide bonds. The van der Waals surface area contributed by atoms with Crippen molar-refractivity contribution in [1.29, 1.82) is 0 Å². The van der Waals surface area contributed by atoms with Gasteiger partial charge < -0.3 is 15.3 Å². The lowest BCUT2D eigenvalue weighted by Crippen LogP contribution is -2.47. The fraction of sp³-hybridized carbons (Fsp3) is 0.900. The van der Waals surface area contributed by atoms with Crippen molar-refractivity contribution in [2.75, 3.05) is 32.7 Å². The zero-order valence-corrected chi connectivity index (χ0v) is 9.92. The highest BCUT2D eigenvalue weighted by molar-refractivity contribution is 5.68. The molecule has 0 heterocycles. The first-order valence-corrected chi connectivity index (χ1v) is 5.28. The van der Waals surface area contributed by atoms with E-state index in [-0.39, 0.29) is 6.54 Å². The summed E-state index contributed by atoms with van der Waals surface area (Å²) in [6.45, 7) is 13.9. The first-order chi connectivity index (χ1) is 6.51. The number of nitrogens with two attached hydrogens (primary N) is 1. The molecule has 3 N–H and O–H groups in total. The topological polar surface area (TPSA) is 63.3 Å². The summed E-state index contributed by atoms with van der Waals surface area (Å²) in [4.78, 5) is 9.24. The van der Waals surface area contributed by atoms with Gasteiger partial charge in [0.2, 0.25) is 0 Å². The van der Waals surface area contributed by atoms with Crippen molar-refractivity contribution in [3.8, 4) is 0 Å². The predicted molar refractivity (Wildman–Crippen MR) is 59.1 cm³/mol. The van der Waals surface area contributed by atoms with Crippen molar-refractivity contribution in [2.45, 2.75) is 27.7 Å². The van der Waals surface area contributed by atoms with Gasteiger partial charge in [-0.2, -0.15) is 0 Å². The second-order valence-electron chi connectivity index (χ2n) is 3.20. The summed E-state index contributed by atoms with van der Waals surface area (Å²) in [5.74, 6) is -0.968. The van der Waals surface area contributed by atoms with Gasteiger partial charge >= 0.3 is 5.97 Å². The van der Waals surface area contributed by atoms with E-state index in [9.17, 15) is 4.79 Å². The maximum atomic E-state index is 9.24. The van der Waals surface area contributed by atoms with Gasteiger partial charge in [0.25, 0.3) is 0 Å². The fourth-order valence-electron chi connectivity index (χ4n) is 1.34. The van der Waals surface area contributed by atoms with Crippen molar-refractivity contribution in [3.05, 3.63) is 0 Å². The molecule has 4 nitrogen and oxygen atoms in total. The molecule has 0 radical (unpaired) electrons. The van der Waals surface area contributed by atoms with E-state index >= 15 is 0 Å². The first-order valence-electron chi connectivity index (χ1n) is 5.28. The molecule has 0 spiro atoms. The predicted octanol–water partition coefficient (Wildman–Crippen LogP) is 0.913. The Kier molecular flexibility index (Phi) is 10.1. The van der Waals surface area contributed by atoms with Gasteiger partial charge in [-0.15, -0.1) is 0 Å². The second-order valence-corrected chi connectivity index (χ2v) is 3.20. The van der Waals surface area contributed by atoms with Crippen molar-refractivity contribution < 1.29 is 14.4 Å². The van der Waals surface area contributed by atoms with Crippen LogP contribution in [0.3, 0.4) is 0 Å². The Morgan fingerprint density at radius 2 is 1.29 bits per heavy atom. The van der Waals surface area contributed by atoms with Gasteiger partial charge in [-0.05, 0) is 27.7 Å². The van der Waals surface area contributed by atoms with E-state index in [0.29, 0.717) is 0 Å². The molecule has 86 valence electrons. The molecule has 0 aliphatic rings. The number of carbonyl (C=O) groups is 1. The van der Waals surface area contributed by atoms with Crippen LogP contribution in [-0.2, 0) is 4.79 Å². The molecule has 0 atom stereocenters. The minimum Gasteiger partial charge on any atom is -0.480 e. The summed E-state index contributed by atoms with van der Waals surface area (Å²) < 4.78 is 1.28. The monoisotopic (exact) mass is 205 g/mol. The van der Waals surface area contributed by atoms with E-state index in [1.54, 1.807) is 0 Å². The molecule has 0 rings (SSSR count). The van der Waals surface area contributed by atoms with E-state index in [0.717, 1.165) is 0 Å². The lowest BCUT2D eigenvalue weighted by Gasteiger charge is -2.34. The molecule has 0 saturated carbocycles. The van der Waals surface area contributed by atoms with Crippen LogP contribution < -0.4 is 5.73 Å². The highest BCUT2D eigenvalue weighted by atomic mass is 16.4. The number of aliphatic carboxylic acids is 1. The van der Waals surface area contributed by atoms with Crippen LogP contribution in [-0.4, -0.2) is 48.3 Å². The van der Waals surface area contributed by atoms with E-state index in [4.69, 9.17) is 5.11 Å². The number of carboxylic acid groups (broad SMARTS) is 1. The molecule has 14 heavy (non-hydrogen) atoms. The first kappa shape index (κ1) is 15.8. The van der Waals surface area contributed by atoms with Gasteiger partial charge in [0.05, 0.1) is 32.7 Å². The molecule has 0 saturated heterocycles. The molecular formula is C10H25N2O2+. The third kappa shape index (κ3) is 6.86. The number of hydrogen-bond donors (Lipinski definition) is 2. The molecule has 4 heteroatoms. The van der Waals surface area contributed by atoms with Gasteiger partial charge in [0.15, 0.2) is 0 Å². The smallest absolute Gasteiger partial charge is 0.317 e. The average Bonchev–Trinajstić information content (AvgIpc) is 2.23. The van der Waals surface area contributed by atoms with Crippen LogP contribution in [0.25, 0.3) is 0 Å². The van der Waals surface area contributed by atoms with Gasteiger partial charge in [-0.1, -0.05) is 0 Å². The summed E-state index contributed by atoms with van der Waals surface area (Å²) in [5, 5.41) is 7.60. The Morgan fingerprint density at radius 1 is 1.07 bits per heavy atom. The summed E-state index contributed by atoms with van der Waals surface area (Å²) in [6.07, 6.45) is 0. The maximum Gasteiger partial charge on any atom is 0.317 e. The van der Waals surface area contributed by atoms with Crippen LogP contribution in [0.4, 0.5) is 0 Å². The van der Waals surface area contributed by atoms with E-state index in [2.05, 4.69) is 33.4 Å². The molecule has 0 aliphatic carbocycles. The standard InChI is InChI=1S/C8H20N.C2H5NO2/c1-5-9(6-2,7-3)8-4;3-1-2(4)5/h5-8H2,1-4H3;1,3H2,(H,4,5)/q+1;. The van der Waals surface area contributed by atoms with Crippen molar-refractivity contribution in [2.24, 2.45) is 5.73 Å². The zero-order valence-electron chi connectivity index (χ0n) is 9.92. The molecule has 0 bridgehead atoms. The van der Waals surface area contributed by atoms with Crippen LogP contribution in [0.15, 0.2) is 0 Å². The van der Waals surface area contributed by atoms with Crippen LogP contribution in [0.1, 0.15) is 27.7 Å². The summed E-state index contributed by atoms with van der Waals surface area (Å²) in [7, 11) is 0. The molecule has 0 aromatic rings. The average molecular weight is 205 g/mol. The highest BCUT2D eigenvalue weighted by Crippen LogP contribution is 2.03. The minimum atomic E-state index is -0.968. The van der Waals surface area contributed by atoms with Crippen LogP contribution in [0.5, 0.6) is 0 Å². The summed E-state index contributed by atoms with van der Waals surface area (Å²) >= 11 is 0. The lowest BCUT2D eigenvalue weighted by molar-refractivity contribution is -0.921. The molecule has 0 aromatic carbocycles. The van der Waals surface area contributed by atoms with E-state index < -0.39 is 5.97 Å². The number of rotatable bonds is 5. The molecule has 0 aromatic heterocycles. The maximum absolute atomic E-state index is 9.24. The Labute approximate surface area is 87.3 Å². The van der Waals surface area contributed by atoms with Gasteiger partial charge in [-0.3, -0.25) is 4.79 Å². The zero-order chi connectivity index (χ0) is 11.6. The highest BCUT2D eigenvalue weighted by Gasteiger charge is 2.16. The third-order valence-electron chi connectivity index (χ3n) is 2.86. The molecule has 0 fully saturated rings. The van der Waals surface area contributed by atoms with Crippen LogP contribution in [0, 0.1) is 0 Å². The summed E-state index contributed by atoms with van der Waals surface area (Å²) in [6, 6.07) is 0. The Morgan fingerprint density at radius 3 is 1.29 bits per heavy atom. The number of quaternary nitrogens is 1. The minimum absolute atomic E-state index is 0.278. The molecular weight excluding hydrogens is 180 g/mol. The number of nitrogens with zero attached hydrogens (tertiary/aromatic N) is 1. The number of hydrogen-bond acceptors (Lipinski definition) is 2. The Bertz CT molecular complexity index is 128.